The zero-order valence-corrected chi connectivity index (χ0v) is 9.24. The highest BCUT2D eigenvalue weighted by Crippen LogP contribution is 2.16. The van der Waals surface area contributed by atoms with Crippen molar-refractivity contribution in [1.82, 2.24) is 13.7 Å². The summed E-state index contributed by atoms with van der Waals surface area (Å²) in [5.74, 6) is -0.551. The van der Waals surface area contributed by atoms with Crippen LogP contribution in [-0.2, 0) is 4.79 Å². The minimum absolute atomic E-state index is 0.266. The lowest BCUT2D eigenvalue weighted by atomic mass is 10.1. The molecule has 1 aliphatic rings. The van der Waals surface area contributed by atoms with Gasteiger partial charge in [0.15, 0.2) is 0 Å². The van der Waals surface area contributed by atoms with Crippen LogP contribution in [0.15, 0.2) is 12.8 Å². The standard InChI is InChI=1S/C7H10IN3O2/c1-3-11(8)5-4(2)6(12)10-7(13)9-5/h3-5H,1H2,2H3,(H2,9,10,12,13). The predicted octanol–water partition coefficient (Wildman–Crippen LogP) is 0.583. The van der Waals surface area contributed by atoms with E-state index in [0.717, 1.165) is 0 Å². The molecule has 0 spiro atoms. The monoisotopic (exact) mass is 295 g/mol. The van der Waals surface area contributed by atoms with Crippen LogP contribution in [0.2, 0.25) is 0 Å². The molecule has 1 heterocycles. The first kappa shape index (κ1) is 10.3. The summed E-state index contributed by atoms with van der Waals surface area (Å²) < 4.78 is 1.67. The number of carbonyl (C=O) groups is 2. The van der Waals surface area contributed by atoms with Crippen molar-refractivity contribution < 1.29 is 9.59 Å². The van der Waals surface area contributed by atoms with E-state index in [0.29, 0.717) is 0 Å². The molecule has 0 aliphatic carbocycles. The van der Waals surface area contributed by atoms with Crippen molar-refractivity contribution in [3.63, 3.8) is 0 Å². The van der Waals surface area contributed by atoms with E-state index >= 15 is 0 Å². The Morgan fingerprint density at radius 2 is 2.23 bits per heavy atom. The molecule has 72 valence electrons. The number of halogens is 1. The smallest absolute Gasteiger partial charge is 0.316 e. The first-order chi connectivity index (χ1) is 6.06. The van der Waals surface area contributed by atoms with Crippen LogP contribution in [0, 0.1) is 5.92 Å². The maximum atomic E-state index is 11.2. The quantitative estimate of drug-likeness (QED) is 0.579. The lowest BCUT2D eigenvalue weighted by Gasteiger charge is -2.33. The number of imide groups is 1. The molecule has 0 radical (unpaired) electrons. The summed E-state index contributed by atoms with van der Waals surface area (Å²) >= 11 is 1.98. The molecule has 0 aromatic carbocycles. The molecule has 1 saturated heterocycles. The number of amides is 3. The van der Waals surface area contributed by atoms with Gasteiger partial charge in [-0.25, -0.2) is 4.79 Å². The number of nitrogens with zero attached hydrogens (tertiary/aromatic N) is 1. The average Bonchev–Trinajstić information content (AvgIpc) is 2.10. The van der Waals surface area contributed by atoms with Gasteiger partial charge >= 0.3 is 6.03 Å². The highest BCUT2D eigenvalue weighted by atomic mass is 127. The van der Waals surface area contributed by atoms with Gasteiger partial charge in [0.25, 0.3) is 0 Å². The third kappa shape index (κ3) is 2.11. The summed E-state index contributed by atoms with van der Waals surface area (Å²) in [4.78, 5) is 22.1. The van der Waals surface area contributed by atoms with Crippen molar-refractivity contribution in [3.8, 4) is 0 Å². The number of carbonyl (C=O) groups excluding carboxylic acids is 2. The molecule has 0 aromatic heterocycles. The summed E-state index contributed by atoms with van der Waals surface area (Å²) in [6.07, 6.45) is 1.24. The van der Waals surface area contributed by atoms with Gasteiger partial charge < -0.3 is 5.32 Å². The fourth-order valence-corrected chi connectivity index (χ4v) is 1.68. The predicted molar refractivity (Wildman–Crippen MR) is 55.7 cm³/mol. The normalized spacial score (nSPS) is 27.5. The maximum Gasteiger partial charge on any atom is 0.323 e. The minimum atomic E-state index is -0.461. The number of hydrogen-bond donors (Lipinski definition) is 2. The Hall–Kier alpha value is -0.790. The molecule has 1 fully saturated rings. The molecule has 0 saturated carbocycles. The lowest BCUT2D eigenvalue weighted by molar-refractivity contribution is -0.125. The Morgan fingerprint density at radius 3 is 2.77 bits per heavy atom. The largest absolute Gasteiger partial charge is 0.323 e. The Kier molecular flexibility index (Phi) is 3.12. The highest BCUT2D eigenvalue weighted by molar-refractivity contribution is 14.1. The van der Waals surface area contributed by atoms with Crippen LogP contribution in [0.3, 0.4) is 0 Å². The van der Waals surface area contributed by atoms with Gasteiger partial charge in [-0.1, -0.05) is 6.58 Å². The summed E-state index contributed by atoms with van der Waals surface area (Å²) in [5.41, 5.74) is 0. The van der Waals surface area contributed by atoms with E-state index in [-0.39, 0.29) is 18.0 Å². The number of urea groups is 1. The summed E-state index contributed by atoms with van der Waals surface area (Å²) in [5, 5.41) is 4.81. The molecule has 2 unspecified atom stereocenters. The molecule has 2 atom stereocenters. The fourth-order valence-electron chi connectivity index (χ4n) is 1.05. The van der Waals surface area contributed by atoms with Gasteiger partial charge in [-0.3, -0.25) is 13.2 Å². The van der Waals surface area contributed by atoms with Crippen molar-refractivity contribution in [2.24, 2.45) is 5.92 Å². The zero-order valence-electron chi connectivity index (χ0n) is 7.08. The van der Waals surface area contributed by atoms with Crippen LogP contribution >= 0.6 is 22.9 Å². The van der Waals surface area contributed by atoms with Crippen molar-refractivity contribution in [2.75, 3.05) is 0 Å². The number of nitrogens with one attached hydrogen (secondary N) is 2. The number of hydrogen-bond acceptors (Lipinski definition) is 3. The van der Waals surface area contributed by atoms with Crippen LogP contribution in [-0.4, -0.2) is 21.2 Å². The third-order valence-corrected chi connectivity index (χ3v) is 2.84. The van der Waals surface area contributed by atoms with Gasteiger partial charge in [-0.05, 0) is 6.92 Å². The van der Waals surface area contributed by atoms with Gasteiger partial charge in [0.05, 0.1) is 28.8 Å². The van der Waals surface area contributed by atoms with Gasteiger partial charge in [-0.2, -0.15) is 0 Å². The molecule has 6 heteroatoms. The average molecular weight is 295 g/mol. The molecule has 2 N–H and O–H groups in total. The van der Waals surface area contributed by atoms with E-state index in [2.05, 4.69) is 17.2 Å². The van der Waals surface area contributed by atoms with Crippen LogP contribution in [0.5, 0.6) is 0 Å². The highest BCUT2D eigenvalue weighted by Gasteiger charge is 2.33. The third-order valence-electron chi connectivity index (χ3n) is 1.84. The first-order valence-electron chi connectivity index (χ1n) is 3.74. The van der Waals surface area contributed by atoms with Crippen molar-refractivity contribution in [2.45, 2.75) is 13.1 Å². The van der Waals surface area contributed by atoms with E-state index in [9.17, 15) is 9.59 Å². The second-order valence-electron chi connectivity index (χ2n) is 2.72. The van der Waals surface area contributed by atoms with E-state index in [1.54, 1.807) is 16.2 Å². The Bertz CT molecular complexity index is 256. The van der Waals surface area contributed by atoms with E-state index in [1.165, 1.54) is 0 Å². The fraction of sp³-hybridized carbons (Fsp3) is 0.429. The van der Waals surface area contributed by atoms with Crippen LogP contribution in [0.25, 0.3) is 0 Å². The second kappa shape index (κ2) is 3.95. The van der Waals surface area contributed by atoms with E-state index in [1.807, 2.05) is 22.9 Å². The Morgan fingerprint density at radius 1 is 1.62 bits per heavy atom. The van der Waals surface area contributed by atoms with Gasteiger partial charge in [0, 0.05) is 6.20 Å². The van der Waals surface area contributed by atoms with Crippen molar-refractivity contribution in [3.05, 3.63) is 12.8 Å². The summed E-state index contributed by atoms with van der Waals surface area (Å²) in [7, 11) is 0. The maximum absolute atomic E-state index is 11.2. The van der Waals surface area contributed by atoms with E-state index in [4.69, 9.17) is 0 Å². The number of rotatable bonds is 2. The van der Waals surface area contributed by atoms with Crippen LogP contribution < -0.4 is 10.6 Å². The zero-order chi connectivity index (χ0) is 10.0. The summed E-state index contributed by atoms with van der Waals surface area (Å²) in [6, 6.07) is -0.461. The van der Waals surface area contributed by atoms with E-state index < -0.39 is 6.03 Å². The van der Waals surface area contributed by atoms with Crippen molar-refractivity contribution >= 4 is 34.8 Å². The molecule has 13 heavy (non-hydrogen) atoms. The molecule has 3 amide bonds. The van der Waals surface area contributed by atoms with Gasteiger partial charge in [0.1, 0.15) is 6.17 Å². The molecule has 1 rings (SSSR count). The molecular weight excluding hydrogens is 285 g/mol. The molecule has 0 aromatic rings. The SMILES string of the molecule is C=CN(I)C1NC(=O)NC(=O)C1C. The van der Waals surface area contributed by atoms with Gasteiger partial charge in [-0.15, -0.1) is 0 Å². The Labute approximate surface area is 90.0 Å². The summed E-state index contributed by atoms with van der Waals surface area (Å²) in [6.45, 7) is 5.30. The minimum Gasteiger partial charge on any atom is -0.316 e. The van der Waals surface area contributed by atoms with Gasteiger partial charge in [0.2, 0.25) is 5.91 Å². The van der Waals surface area contributed by atoms with Crippen molar-refractivity contribution in [1.29, 1.82) is 0 Å². The molecule has 5 nitrogen and oxygen atoms in total. The molecule has 1 aliphatic heterocycles. The Balaban J connectivity index is 2.77. The molecular formula is C7H10IN3O2. The van der Waals surface area contributed by atoms with Crippen LogP contribution in [0.4, 0.5) is 4.79 Å². The second-order valence-corrected chi connectivity index (χ2v) is 3.84. The first-order valence-corrected chi connectivity index (χ1v) is 4.70. The lowest BCUT2D eigenvalue weighted by Crippen LogP contribution is -2.60. The molecule has 0 bridgehead atoms. The van der Waals surface area contributed by atoms with Crippen LogP contribution in [0.1, 0.15) is 6.92 Å². The topological polar surface area (TPSA) is 61.4 Å².